The minimum atomic E-state index is -1.02. The maximum atomic E-state index is 14.8. The standard InChI is InChI=1S/C32H29FN2O7/c1-41-27-12-11-24(36)28(29(27)33)30(38)20-8-4-9-21(14-20)32(40)42-26-10-5-13-34-17-23(26)35-31(39)22-15-18-6-2-3-7-19(18)16-25(22)37/h2-4,6-9,11-12,14-16,23,26,34,36-37H,5,10,13,17H2,1H3,(H,35,39)/t23-,26-/m1/s1. The Hall–Kier alpha value is -4.96. The lowest BCUT2D eigenvalue weighted by atomic mass is 9.99. The molecular formula is C32H29FN2O7. The van der Waals surface area contributed by atoms with Crippen molar-refractivity contribution < 1.29 is 38.5 Å². The molecule has 1 saturated heterocycles. The van der Waals surface area contributed by atoms with E-state index in [9.17, 15) is 29.0 Å². The molecular weight excluding hydrogens is 543 g/mol. The normalized spacial score (nSPS) is 16.8. The third kappa shape index (κ3) is 5.89. The number of esters is 1. The summed E-state index contributed by atoms with van der Waals surface area (Å²) in [5.74, 6) is -4.04. The second kappa shape index (κ2) is 12.3. The number of aromatic hydroxyl groups is 2. The number of hydrogen-bond acceptors (Lipinski definition) is 8. The van der Waals surface area contributed by atoms with Crippen molar-refractivity contribution in [2.75, 3.05) is 20.2 Å². The summed E-state index contributed by atoms with van der Waals surface area (Å²) in [5.41, 5.74) is -0.471. The van der Waals surface area contributed by atoms with Crippen LogP contribution in [0.2, 0.25) is 0 Å². The van der Waals surface area contributed by atoms with Crippen molar-refractivity contribution in [3.63, 3.8) is 0 Å². The van der Waals surface area contributed by atoms with Gasteiger partial charge in [0, 0.05) is 12.1 Å². The summed E-state index contributed by atoms with van der Waals surface area (Å²) in [7, 11) is 1.24. The van der Waals surface area contributed by atoms with Crippen molar-refractivity contribution in [3.05, 3.63) is 101 Å². The molecule has 1 amide bonds. The van der Waals surface area contributed by atoms with Gasteiger partial charge in [-0.25, -0.2) is 9.18 Å². The number of halogens is 1. The van der Waals surface area contributed by atoms with E-state index in [0.29, 0.717) is 25.9 Å². The van der Waals surface area contributed by atoms with Crippen LogP contribution in [0.5, 0.6) is 17.2 Å². The molecule has 0 radical (unpaired) electrons. The number of fused-ring (bicyclic) bond motifs is 1. The lowest BCUT2D eigenvalue weighted by molar-refractivity contribution is 0.0192. The summed E-state index contributed by atoms with van der Waals surface area (Å²) in [6.45, 7) is 0.978. The molecule has 9 nitrogen and oxygen atoms in total. The zero-order valence-electron chi connectivity index (χ0n) is 22.7. The molecule has 1 fully saturated rings. The molecule has 1 aliphatic heterocycles. The first-order valence-electron chi connectivity index (χ1n) is 13.4. The van der Waals surface area contributed by atoms with Crippen molar-refractivity contribution in [3.8, 4) is 17.2 Å². The first-order valence-corrected chi connectivity index (χ1v) is 13.4. The molecule has 0 aliphatic carbocycles. The highest BCUT2D eigenvalue weighted by atomic mass is 19.1. The Morgan fingerprint density at radius 3 is 2.43 bits per heavy atom. The molecule has 0 unspecified atom stereocenters. The van der Waals surface area contributed by atoms with Crippen LogP contribution in [0.4, 0.5) is 4.39 Å². The summed E-state index contributed by atoms with van der Waals surface area (Å²) < 4.78 is 25.5. The van der Waals surface area contributed by atoms with Gasteiger partial charge in [-0.3, -0.25) is 9.59 Å². The van der Waals surface area contributed by atoms with Gasteiger partial charge in [0.15, 0.2) is 17.3 Å². The third-order valence-corrected chi connectivity index (χ3v) is 7.23. The first kappa shape index (κ1) is 28.6. The van der Waals surface area contributed by atoms with Crippen molar-refractivity contribution in [1.29, 1.82) is 0 Å². The largest absolute Gasteiger partial charge is 0.507 e. The molecule has 10 heteroatoms. The number of carbonyl (C=O) groups is 3. The molecule has 0 aromatic heterocycles. The summed E-state index contributed by atoms with van der Waals surface area (Å²) in [6.07, 6.45) is 0.422. The highest BCUT2D eigenvalue weighted by molar-refractivity contribution is 6.12. The lowest BCUT2D eigenvalue weighted by Crippen LogP contribution is -2.49. The Balaban J connectivity index is 1.34. The maximum Gasteiger partial charge on any atom is 0.338 e. The van der Waals surface area contributed by atoms with E-state index in [2.05, 4.69) is 10.6 Å². The molecule has 1 aliphatic rings. The van der Waals surface area contributed by atoms with Crippen molar-refractivity contribution in [2.45, 2.75) is 25.0 Å². The van der Waals surface area contributed by atoms with Crippen LogP contribution in [0.3, 0.4) is 0 Å². The molecule has 5 rings (SSSR count). The van der Waals surface area contributed by atoms with E-state index in [0.717, 1.165) is 16.8 Å². The average Bonchev–Trinajstić information content (AvgIpc) is 3.21. The van der Waals surface area contributed by atoms with E-state index in [1.165, 1.54) is 43.5 Å². The lowest BCUT2D eigenvalue weighted by Gasteiger charge is -2.26. The van der Waals surface area contributed by atoms with Crippen LogP contribution < -0.4 is 15.4 Å². The number of rotatable bonds is 7. The number of amides is 1. The number of ether oxygens (including phenoxy) is 2. The van der Waals surface area contributed by atoms with E-state index in [4.69, 9.17) is 9.47 Å². The topological polar surface area (TPSA) is 134 Å². The minimum absolute atomic E-state index is 0.0360. The molecule has 1 heterocycles. The second-order valence-electron chi connectivity index (χ2n) is 9.97. The number of phenolic OH excluding ortho intramolecular Hbond substituents is 2. The zero-order valence-corrected chi connectivity index (χ0v) is 22.7. The van der Waals surface area contributed by atoms with E-state index >= 15 is 0 Å². The zero-order chi connectivity index (χ0) is 29.8. The predicted octanol–water partition coefficient (Wildman–Crippen LogP) is 4.34. The van der Waals surface area contributed by atoms with Crippen LogP contribution in [0.25, 0.3) is 10.8 Å². The Morgan fingerprint density at radius 1 is 0.929 bits per heavy atom. The number of ketones is 1. The van der Waals surface area contributed by atoms with Gasteiger partial charge in [-0.05, 0) is 66.6 Å². The van der Waals surface area contributed by atoms with Crippen molar-refractivity contribution in [1.82, 2.24) is 10.6 Å². The molecule has 2 atom stereocenters. The van der Waals surface area contributed by atoms with Gasteiger partial charge in [-0.2, -0.15) is 0 Å². The highest BCUT2D eigenvalue weighted by Gasteiger charge is 2.30. The number of hydrogen-bond donors (Lipinski definition) is 4. The van der Waals surface area contributed by atoms with Gasteiger partial charge in [0.25, 0.3) is 5.91 Å². The fraction of sp³-hybridized carbons (Fsp3) is 0.219. The maximum absolute atomic E-state index is 14.8. The molecule has 4 aromatic rings. The fourth-order valence-electron chi connectivity index (χ4n) is 5.02. The molecule has 0 saturated carbocycles. The van der Waals surface area contributed by atoms with Crippen LogP contribution in [-0.4, -0.2) is 60.2 Å². The quantitative estimate of drug-likeness (QED) is 0.190. The summed E-state index contributed by atoms with van der Waals surface area (Å²) in [6, 6.07) is 17.8. The van der Waals surface area contributed by atoms with Crippen LogP contribution >= 0.6 is 0 Å². The van der Waals surface area contributed by atoms with E-state index in [1.807, 2.05) is 24.3 Å². The molecule has 0 spiro atoms. The van der Waals surface area contributed by atoms with Crippen LogP contribution in [-0.2, 0) is 4.74 Å². The van der Waals surface area contributed by atoms with Gasteiger partial charge in [0.05, 0.1) is 24.3 Å². The highest BCUT2D eigenvalue weighted by Crippen LogP contribution is 2.30. The number of methoxy groups -OCH3 is 1. The van der Waals surface area contributed by atoms with Gasteiger partial charge in [0.2, 0.25) is 0 Å². The number of benzene rings is 4. The Morgan fingerprint density at radius 2 is 1.67 bits per heavy atom. The molecule has 0 bridgehead atoms. The van der Waals surface area contributed by atoms with E-state index in [-0.39, 0.29) is 28.2 Å². The molecule has 4 aromatic carbocycles. The van der Waals surface area contributed by atoms with Gasteiger partial charge in [-0.1, -0.05) is 36.4 Å². The van der Waals surface area contributed by atoms with Crippen LogP contribution in [0.1, 0.15) is 49.5 Å². The van der Waals surface area contributed by atoms with Crippen LogP contribution in [0, 0.1) is 5.82 Å². The average molecular weight is 573 g/mol. The third-order valence-electron chi connectivity index (χ3n) is 7.23. The summed E-state index contributed by atoms with van der Waals surface area (Å²) >= 11 is 0. The second-order valence-corrected chi connectivity index (χ2v) is 9.97. The van der Waals surface area contributed by atoms with Gasteiger partial charge < -0.3 is 30.3 Å². The fourth-order valence-corrected chi connectivity index (χ4v) is 5.02. The molecule has 216 valence electrons. The van der Waals surface area contributed by atoms with Gasteiger partial charge in [0.1, 0.15) is 23.2 Å². The number of carbonyl (C=O) groups excluding carboxylic acids is 3. The molecule has 42 heavy (non-hydrogen) atoms. The number of phenols is 2. The Bertz CT molecular complexity index is 1670. The van der Waals surface area contributed by atoms with E-state index < -0.39 is 46.9 Å². The van der Waals surface area contributed by atoms with Crippen LogP contribution in [0.15, 0.2) is 72.8 Å². The smallest absolute Gasteiger partial charge is 0.338 e. The monoisotopic (exact) mass is 572 g/mol. The minimum Gasteiger partial charge on any atom is -0.507 e. The van der Waals surface area contributed by atoms with Crippen molar-refractivity contribution >= 4 is 28.4 Å². The first-order chi connectivity index (χ1) is 20.3. The predicted molar refractivity (Wildman–Crippen MR) is 153 cm³/mol. The molecule has 4 N–H and O–H groups in total. The Labute approximate surface area is 240 Å². The Kier molecular flexibility index (Phi) is 8.35. The SMILES string of the molecule is COc1ccc(O)c(C(=O)c2cccc(C(=O)O[C@@H]3CCCNC[C@H]3NC(=O)c3cc4ccccc4cc3O)c2)c1F. The number of nitrogens with one attached hydrogen (secondary N) is 2. The van der Waals surface area contributed by atoms with Gasteiger partial charge >= 0.3 is 5.97 Å². The van der Waals surface area contributed by atoms with E-state index in [1.54, 1.807) is 6.07 Å². The summed E-state index contributed by atoms with van der Waals surface area (Å²) in [4.78, 5) is 39.5. The van der Waals surface area contributed by atoms with Crippen molar-refractivity contribution in [2.24, 2.45) is 0 Å². The summed E-state index contributed by atoms with van der Waals surface area (Å²) in [5, 5.41) is 28.3. The van der Waals surface area contributed by atoms with Gasteiger partial charge in [-0.15, -0.1) is 0 Å².